The van der Waals surface area contributed by atoms with Gasteiger partial charge in [0.25, 0.3) is 0 Å². The Morgan fingerprint density at radius 3 is 2.86 bits per heavy atom. The first-order valence-corrected chi connectivity index (χ1v) is 7.45. The summed E-state index contributed by atoms with van der Waals surface area (Å²) in [5.41, 5.74) is -0.437. The molecule has 1 saturated heterocycles. The maximum atomic E-state index is 11.9. The summed E-state index contributed by atoms with van der Waals surface area (Å²) < 4.78 is 10.8. The summed E-state index contributed by atoms with van der Waals surface area (Å²) in [6.45, 7) is 1.51. The molecule has 3 N–H and O–H groups in total. The van der Waals surface area contributed by atoms with Crippen LogP contribution in [0, 0.1) is 5.92 Å². The van der Waals surface area contributed by atoms with Crippen molar-refractivity contribution in [3.63, 3.8) is 0 Å². The third-order valence-electron chi connectivity index (χ3n) is 4.43. The Labute approximate surface area is 124 Å². The van der Waals surface area contributed by atoms with E-state index in [0.29, 0.717) is 32.6 Å². The van der Waals surface area contributed by atoms with Gasteiger partial charge in [-0.1, -0.05) is 6.42 Å². The second-order valence-electron chi connectivity index (χ2n) is 5.92. The largest absolute Gasteiger partial charge is 0.481 e. The molecule has 1 aliphatic heterocycles. The van der Waals surface area contributed by atoms with Crippen molar-refractivity contribution < 1.29 is 24.2 Å². The monoisotopic (exact) mass is 300 g/mol. The zero-order chi connectivity index (χ0) is 15.3. The van der Waals surface area contributed by atoms with Crippen LogP contribution in [0.3, 0.4) is 0 Å². The Morgan fingerprint density at radius 1 is 1.43 bits per heavy atom. The summed E-state index contributed by atoms with van der Waals surface area (Å²) in [4.78, 5) is 22.9. The Bertz CT molecular complexity index is 382. The standard InChI is InChI=1S/C14H24N2O5/c1-20-14(5-6-21-9-14)8-15-13(19)16-11-4-2-3-10(7-11)12(17)18/h10-11H,2-9H2,1H3,(H,17,18)(H2,15,16,19). The second kappa shape index (κ2) is 7.09. The minimum atomic E-state index is -0.775. The highest BCUT2D eigenvalue weighted by Gasteiger charge is 2.35. The van der Waals surface area contributed by atoms with Crippen LogP contribution in [0.25, 0.3) is 0 Å². The Morgan fingerprint density at radius 2 is 2.24 bits per heavy atom. The number of hydrogen-bond donors (Lipinski definition) is 3. The number of carbonyl (C=O) groups is 2. The minimum absolute atomic E-state index is 0.0711. The van der Waals surface area contributed by atoms with E-state index in [0.717, 1.165) is 19.3 Å². The van der Waals surface area contributed by atoms with Gasteiger partial charge in [-0.2, -0.15) is 0 Å². The van der Waals surface area contributed by atoms with Crippen LogP contribution in [-0.4, -0.2) is 55.6 Å². The van der Waals surface area contributed by atoms with Crippen LogP contribution < -0.4 is 10.6 Å². The number of aliphatic carboxylic acids is 1. The van der Waals surface area contributed by atoms with E-state index in [9.17, 15) is 9.59 Å². The molecule has 0 aromatic carbocycles. The lowest BCUT2D eigenvalue weighted by atomic mass is 9.86. The first kappa shape index (κ1) is 16.0. The maximum absolute atomic E-state index is 11.9. The van der Waals surface area contributed by atoms with Crippen molar-refractivity contribution in [3.8, 4) is 0 Å². The number of amides is 2. The quantitative estimate of drug-likeness (QED) is 0.695. The third-order valence-corrected chi connectivity index (χ3v) is 4.43. The number of rotatable bonds is 5. The number of carboxylic acids is 1. The average Bonchev–Trinajstić information content (AvgIpc) is 2.95. The van der Waals surface area contributed by atoms with Gasteiger partial charge in [0.2, 0.25) is 0 Å². The van der Waals surface area contributed by atoms with Crippen molar-refractivity contribution in [1.29, 1.82) is 0 Å². The van der Waals surface area contributed by atoms with E-state index in [1.54, 1.807) is 7.11 Å². The molecule has 0 radical (unpaired) electrons. The van der Waals surface area contributed by atoms with E-state index in [-0.39, 0.29) is 18.0 Å². The molecular formula is C14H24N2O5. The molecule has 2 rings (SSSR count). The zero-order valence-electron chi connectivity index (χ0n) is 12.4. The molecule has 7 heteroatoms. The topological polar surface area (TPSA) is 96.9 Å². The molecule has 2 fully saturated rings. The summed E-state index contributed by atoms with van der Waals surface area (Å²) in [5.74, 6) is -1.12. The summed E-state index contributed by atoms with van der Waals surface area (Å²) in [6, 6.07) is -0.340. The van der Waals surface area contributed by atoms with Crippen LogP contribution in [0.2, 0.25) is 0 Å². The Hall–Kier alpha value is -1.34. The average molecular weight is 300 g/mol. The molecule has 2 amide bonds. The second-order valence-corrected chi connectivity index (χ2v) is 5.92. The zero-order valence-corrected chi connectivity index (χ0v) is 12.4. The minimum Gasteiger partial charge on any atom is -0.481 e. The summed E-state index contributed by atoms with van der Waals surface area (Å²) >= 11 is 0. The Kier molecular flexibility index (Phi) is 5.41. The van der Waals surface area contributed by atoms with E-state index < -0.39 is 11.6 Å². The van der Waals surface area contributed by atoms with E-state index in [2.05, 4.69) is 10.6 Å². The van der Waals surface area contributed by atoms with Crippen molar-refractivity contribution in [2.24, 2.45) is 5.92 Å². The molecule has 1 aliphatic carbocycles. The molecule has 3 unspecified atom stereocenters. The number of hydrogen-bond acceptors (Lipinski definition) is 4. The molecular weight excluding hydrogens is 276 g/mol. The molecule has 0 spiro atoms. The number of carboxylic acid groups (broad SMARTS) is 1. The van der Waals surface area contributed by atoms with Gasteiger partial charge in [0, 0.05) is 26.2 Å². The van der Waals surface area contributed by atoms with Gasteiger partial charge in [-0.25, -0.2) is 4.79 Å². The summed E-state index contributed by atoms with van der Waals surface area (Å²) in [6.07, 6.45) is 3.61. The van der Waals surface area contributed by atoms with Crippen LogP contribution in [0.15, 0.2) is 0 Å². The predicted molar refractivity (Wildman–Crippen MR) is 75.1 cm³/mol. The van der Waals surface area contributed by atoms with Crippen LogP contribution in [0.1, 0.15) is 32.1 Å². The van der Waals surface area contributed by atoms with Crippen molar-refractivity contribution in [1.82, 2.24) is 10.6 Å². The van der Waals surface area contributed by atoms with Crippen molar-refractivity contribution >= 4 is 12.0 Å². The molecule has 1 heterocycles. The highest BCUT2D eigenvalue weighted by atomic mass is 16.5. The van der Waals surface area contributed by atoms with Gasteiger partial charge in [0.05, 0.1) is 19.1 Å². The van der Waals surface area contributed by atoms with Gasteiger partial charge in [0.15, 0.2) is 0 Å². The maximum Gasteiger partial charge on any atom is 0.315 e. The molecule has 7 nitrogen and oxygen atoms in total. The number of ether oxygens (including phenoxy) is 2. The van der Waals surface area contributed by atoms with E-state index in [1.807, 2.05) is 0 Å². The number of nitrogens with one attached hydrogen (secondary N) is 2. The van der Waals surface area contributed by atoms with E-state index in [1.165, 1.54) is 0 Å². The Balaban J connectivity index is 1.75. The lowest BCUT2D eigenvalue weighted by molar-refractivity contribution is -0.143. The van der Waals surface area contributed by atoms with E-state index >= 15 is 0 Å². The fourth-order valence-corrected chi connectivity index (χ4v) is 2.98. The van der Waals surface area contributed by atoms with E-state index in [4.69, 9.17) is 14.6 Å². The van der Waals surface area contributed by atoms with Crippen molar-refractivity contribution in [3.05, 3.63) is 0 Å². The van der Waals surface area contributed by atoms with Crippen LogP contribution in [0.4, 0.5) is 4.79 Å². The lowest BCUT2D eigenvalue weighted by Gasteiger charge is -2.29. The van der Waals surface area contributed by atoms with Gasteiger partial charge in [-0.3, -0.25) is 4.79 Å². The fourth-order valence-electron chi connectivity index (χ4n) is 2.98. The van der Waals surface area contributed by atoms with Crippen LogP contribution >= 0.6 is 0 Å². The normalized spacial score (nSPS) is 32.6. The van der Waals surface area contributed by atoms with Gasteiger partial charge in [-0.15, -0.1) is 0 Å². The van der Waals surface area contributed by atoms with Gasteiger partial charge >= 0.3 is 12.0 Å². The SMILES string of the molecule is COC1(CNC(=O)NC2CCCC(C(=O)O)C2)CCOC1. The molecule has 2 aliphatic rings. The van der Waals surface area contributed by atoms with Gasteiger partial charge in [0.1, 0.15) is 5.60 Å². The number of urea groups is 1. The molecule has 0 aromatic rings. The van der Waals surface area contributed by atoms with Gasteiger partial charge < -0.3 is 25.2 Å². The molecule has 120 valence electrons. The lowest BCUT2D eigenvalue weighted by Crippen LogP contribution is -2.50. The van der Waals surface area contributed by atoms with Crippen molar-refractivity contribution in [2.75, 3.05) is 26.9 Å². The predicted octanol–water partition coefficient (Wildman–Crippen LogP) is 0.735. The smallest absolute Gasteiger partial charge is 0.315 e. The summed E-state index contributed by atoms with van der Waals surface area (Å²) in [5, 5.41) is 14.7. The molecule has 0 aromatic heterocycles. The first-order valence-electron chi connectivity index (χ1n) is 7.45. The van der Waals surface area contributed by atoms with Crippen molar-refractivity contribution in [2.45, 2.75) is 43.7 Å². The van der Waals surface area contributed by atoms with Crippen LogP contribution in [-0.2, 0) is 14.3 Å². The highest BCUT2D eigenvalue weighted by molar-refractivity contribution is 5.74. The van der Waals surface area contributed by atoms with Crippen LogP contribution in [0.5, 0.6) is 0 Å². The number of carbonyl (C=O) groups excluding carboxylic acids is 1. The van der Waals surface area contributed by atoms with Gasteiger partial charge in [-0.05, 0) is 19.3 Å². The molecule has 0 bridgehead atoms. The molecule has 3 atom stereocenters. The summed E-state index contributed by atoms with van der Waals surface area (Å²) in [7, 11) is 1.62. The molecule has 1 saturated carbocycles. The number of methoxy groups -OCH3 is 1. The first-order chi connectivity index (χ1) is 10.0. The highest BCUT2D eigenvalue weighted by Crippen LogP contribution is 2.24. The molecule has 21 heavy (non-hydrogen) atoms. The third kappa shape index (κ3) is 4.31. The fraction of sp³-hybridized carbons (Fsp3) is 0.857.